The minimum atomic E-state index is -1.48. The molecular weight excluding hydrogens is 160 g/mol. The molecule has 0 aliphatic heterocycles. The van der Waals surface area contributed by atoms with Crippen LogP contribution in [0.25, 0.3) is 0 Å². The van der Waals surface area contributed by atoms with Gasteiger partial charge in [0.25, 0.3) is 0 Å². The van der Waals surface area contributed by atoms with E-state index < -0.39 is 13.4 Å². The maximum atomic E-state index is 8.33. The third-order valence-electron chi connectivity index (χ3n) is 1.51. The van der Waals surface area contributed by atoms with Gasteiger partial charge in [-0.1, -0.05) is 0 Å². The number of nitrogens with zero attached hydrogens (tertiary/aromatic N) is 1. The molecule has 0 aromatic carbocycles. The molecule has 46 valence electrons. The van der Waals surface area contributed by atoms with Gasteiger partial charge in [-0.15, -0.1) is 0 Å². The van der Waals surface area contributed by atoms with Gasteiger partial charge in [0.05, 0.1) is 0 Å². The first-order valence-corrected chi connectivity index (χ1v) is 10.2. The zero-order valence-electron chi connectivity index (χ0n) is 5.86. The summed E-state index contributed by atoms with van der Waals surface area (Å²) in [7, 11) is 0. The van der Waals surface area contributed by atoms with E-state index in [9.17, 15) is 0 Å². The van der Waals surface area contributed by atoms with Crippen LogP contribution < -0.4 is 0 Å². The molecule has 0 radical (unpaired) electrons. The zero-order valence-corrected chi connectivity index (χ0v) is 7.96. The summed E-state index contributed by atoms with van der Waals surface area (Å²) in [6.07, 6.45) is 0. The van der Waals surface area contributed by atoms with Gasteiger partial charge < -0.3 is 0 Å². The van der Waals surface area contributed by atoms with Crippen molar-refractivity contribution in [2.24, 2.45) is 0 Å². The Bertz CT molecular complexity index is 105. The molecule has 1 nitrogen and oxygen atoms in total. The fourth-order valence-corrected chi connectivity index (χ4v) is 1.76. The van der Waals surface area contributed by atoms with Crippen LogP contribution in [0.3, 0.4) is 0 Å². The molecule has 0 bridgehead atoms. The molecule has 0 atom stereocenters. The Labute approximate surface area is 54.6 Å². The second-order valence-electron chi connectivity index (χ2n) is 2.85. The molecule has 8 heavy (non-hydrogen) atoms. The Morgan fingerprint density at radius 3 is 2.25 bits per heavy atom. The molecule has 0 aliphatic carbocycles. The Morgan fingerprint density at radius 1 is 1.62 bits per heavy atom. The monoisotopic (exact) mass is 173 g/mol. The van der Waals surface area contributed by atoms with Gasteiger partial charge in [0.2, 0.25) is 0 Å². The quantitative estimate of drug-likeness (QED) is 0.568. The summed E-state index contributed by atoms with van der Waals surface area (Å²) in [5.74, 6) is 3.10. The standard InChI is InChI=1S/C5H13AsBN/c1-4-6(2,3)7-5-8/h6-7H,4H2,1-3H3. The Morgan fingerprint density at radius 2 is 2.12 bits per heavy atom. The maximum absolute atomic E-state index is 8.33. The summed E-state index contributed by atoms with van der Waals surface area (Å²) in [5, 5.41) is 9.60. The molecular formula is C5H13AsBN. The van der Waals surface area contributed by atoms with Crippen LogP contribution in [0, 0.1) is 11.2 Å². The van der Waals surface area contributed by atoms with Crippen molar-refractivity contribution in [2.75, 3.05) is 0 Å². The average molecular weight is 173 g/mol. The van der Waals surface area contributed by atoms with E-state index in [-0.39, 0.29) is 0 Å². The van der Waals surface area contributed by atoms with Gasteiger partial charge in [0.15, 0.2) is 0 Å². The molecule has 3 heteroatoms. The molecule has 0 fully saturated rings. The van der Waals surface area contributed by atoms with Gasteiger partial charge in [-0.3, -0.25) is 0 Å². The number of rotatable bonds is 2. The number of hydrogen-bond donors (Lipinski definition) is 0. The van der Waals surface area contributed by atoms with Crippen molar-refractivity contribution in [3.8, 4) is 5.97 Å². The Kier molecular flexibility index (Phi) is 3.25. The molecule has 0 N–H and O–H groups in total. The van der Waals surface area contributed by atoms with Crippen LogP contribution in [-0.2, 0) is 0 Å². The molecule has 0 rings (SSSR count). The summed E-state index contributed by atoms with van der Waals surface area (Å²) in [6.45, 7) is 2.19. The molecule has 0 saturated carbocycles. The predicted molar refractivity (Wildman–Crippen MR) is 42.1 cm³/mol. The van der Waals surface area contributed by atoms with Crippen molar-refractivity contribution in [3.63, 3.8) is 0 Å². The van der Waals surface area contributed by atoms with Crippen molar-refractivity contribution < 1.29 is 0 Å². The van der Waals surface area contributed by atoms with Crippen LogP contribution in [0.5, 0.6) is 0 Å². The van der Waals surface area contributed by atoms with E-state index >= 15 is 0 Å². The first-order chi connectivity index (χ1) is 3.62. The summed E-state index contributed by atoms with van der Waals surface area (Å²) in [5.41, 5.74) is 4.59. The van der Waals surface area contributed by atoms with Crippen molar-refractivity contribution in [2.45, 2.75) is 23.6 Å². The second-order valence-corrected chi connectivity index (χ2v) is 14.2. The van der Waals surface area contributed by atoms with Crippen LogP contribution in [0.4, 0.5) is 0 Å². The second kappa shape index (κ2) is 3.20. The van der Waals surface area contributed by atoms with Crippen molar-refractivity contribution in [1.82, 2.24) is 0 Å². The molecule has 0 heterocycles. The van der Waals surface area contributed by atoms with Crippen LogP contribution in [0.15, 0.2) is 0 Å². The normalized spacial score (nSPS) is 12.2. The van der Waals surface area contributed by atoms with E-state index in [2.05, 4.69) is 24.3 Å². The van der Waals surface area contributed by atoms with E-state index in [1.807, 2.05) is 0 Å². The first-order valence-electron chi connectivity index (χ1n) is 2.99. The van der Waals surface area contributed by atoms with Crippen molar-refractivity contribution >= 4 is 19.3 Å². The number of hydrogen-bond acceptors (Lipinski definition) is 1. The topological polar surface area (TPSA) is 23.8 Å². The first kappa shape index (κ1) is 8.11. The van der Waals surface area contributed by atoms with Crippen molar-refractivity contribution in [3.05, 3.63) is 0 Å². The molecule has 0 spiro atoms. The van der Waals surface area contributed by atoms with E-state index in [0.29, 0.717) is 0 Å². The minimum absolute atomic E-state index is 0.858. The van der Waals surface area contributed by atoms with Crippen LogP contribution in [0.1, 0.15) is 6.92 Å². The average Bonchev–Trinajstić information content (AvgIpc) is 1.67. The van der Waals surface area contributed by atoms with Gasteiger partial charge in [0.1, 0.15) is 0 Å². The van der Waals surface area contributed by atoms with Gasteiger partial charge in [-0.05, 0) is 0 Å². The summed E-state index contributed by atoms with van der Waals surface area (Å²) in [6, 6.07) is 0. The van der Waals surface area contributed by atoms with Gasteiger partial charge in [-0.25, -0.2) is 0 Å². The fraction of sp³-hybridized carbons (Fsp3) is 0.800. The molecule has 0 aliphatic rings. The van der Waals surface area contributed by atoms with E-state index in [0.717, 1.165) is 5.97 Å². The van der Waals surface area contributed by atoms with Crippen LogP contribution >= 0.6 is 0 Å². The van der Waals surface area contributed by atoms with Crippen LogP contribution in [0.2, 0.25) is 16.6 Å². The van der Waals surface area contributed by atoms with E-state index in [4.69, 9.17) is 5.26 Å². The van der Waals surface area contributed by atoms with Gasteiger partial charge in [-0.2, -0.15) is 0 Å². The van der Waals surface area contributed by atoms with Gasteiger partial charge >= 0.3 is 54.1 Å². The predicted octanol–water partition coefficient (Wildman–Crippen LogP) is 0.861. The molecule has 0 unspecified atom stereocenters. The number of nitriles is 1. The SMILES string of the molecule is CC[AsH](C)(C)BC#N. The summed E-state index contributed by atoms with van der Waals surface area (Å²) in [4.78, 5) is 0. The van der Waals surface area contributed by atoms with Crippen molar-refractivity contribution in [1.29, 1.82) is 5.26 Å². The van der Waals surface area contributed by atoms with E-state index in [1.54, 1.807) is 0 Å². The molecule has 0 aromatic heterocycles. The Hall–Kier alpha value is 0.113. The molecule has 0 aromatic rings. The fourth-order valence-electron chi connectivity index (χ4n) is 0.339. The van der Waals surface area contributed by atoms with E-state index in [1.165, 1.54) is 5.21 Å². The van der Waals surface area contributed by atoms with Crippen LogP contribution in [-0.4, -0.2) is 19.3 Å². The summed E-state index contributed by atoms with van der Waals surface area (Å²) >= 11 is -1.48. The van der Waals surface area contributed by atoms with Gasteiger partial charge in [0, 0.05) is 0 Å². The summed E-state index contributed by atoms with van der Waals surface area (Å²) < 4.78 is 0. The third kappa shape index (κ3) is 3.16. The molecule has 0 saturated heterocycles. The Balaban J connectivity index is 3.58. The zero-order chi connectivity index (χ0) is 6.62. The third-order valence-corrected chi connectivity index (χ3v) is 7.87. The molecule has 0 amide bonds.